The Morgan fingerprint density at radius 1 is 0.650 bits per heavy atom. The van der Waals surface area contributed by atoms with Crippen LogP contribution in [0.4, 0.5) is 4.79 Å². The molecule has 0 aliphatic carbocycles. The van der Waals surface area contributed by atoms with Crippen LogP contribution in [-0.2, 0) is 78.2 Å². The maximum Gasteiger partial charge on any atom is 0.490 e. The molecule has 3 aromatic heterocycles. The minimum Gasteiger partial charge on any atom is -0.443 e. The molecule has 3 saturated heterocycles. The van der Waals surface area contributed by atoms with Gasteiger partial charge in [-0.1, -0.05) is 132 Å². The number of hydrogen-bond donors (Lipinski definition) is 9. The summed E-state index contributed by atoms with van der Waals surface area (Å²) in [6, 6.07) is 19.1. The molecule has 9 N–H and O–H groups in total. The first-order valence-corrected chi connectivity index (χ1v) is 40.5. The van der Waals surface area contributed by atoms with E-state index < -0.39 is 127 Å². The number of aliphatic hydroxyl groups excluding tert-OH is 3. The normalized spacial score (nSPS) is 23.1. The zero-order valence-corrected chi connectivity index (χ0v) is 62.9. The molecule has 13 atom stereocenters. The third-order valence-electron chi connectivity index (χ3n) is 16.5. The van der Waals surface area contributed by atoms with E-state index in [1.54, 1.807) is 20.8 Å². The van der Waals surface area contributed by atoms with Crippen molar-refractivity contribution < 1.29 is 99.4 Å². The number of nitrogens with zero attached hydrogens (tertiary/aromatic N) is 4. The van der Waals surface area contributed by atoms with Crippen molar-refractivity contribution in [2.75, 3.05) is 13.2 Å². The summed E-state index contributed by atoms with van der Waals surface area (Å²) >= 11 is 3.28. The molecule has 558 valence electrons. The van der Waals surface area contributed by atoms with Crippen molar-refractivity contribution in [1.82, 2.24) is 28.2 Å². The van der Waals surface area contributed by atoms with E-state index in [4.69, 9.17) is 42.6 Å². The number of aromatic amines is 2. The third-order valence-corrected chi connectivity index (χ3v) is 25.4. The van der Waals surface area contributed by atoms with Crippen LogP contribution in [0.1, 0.15) is 161 Å². The van der Waals surface area contributed by atoms with Crippen molar-refractivity contribution >= 4 is 53.8 Å². The standard InChI is InChI=1S/C22H37BrN2O6Si.C20H29N2O15P3.C20H26N2O6/c1-10-15-16(31-32(8,9)22(5,6)7)11-17(29-15)24-13-14(12-23)18(26)25(19(24)27)20(28)30-21(2,3)4;1-12(2)18(13-6-4-3-5-7-13)33-10-14-9-22(20(25)21-19(14)24)17-8-15(23)16(35-17)11-34-39(29,30)37-40(31,32)36-38(26,27)28;1-12(2)18(13-6-4-3-5-7-13)27-11-14-9-22(20(26)21-19(14)25)17-8-15(24)16(10-23)28-17/h13,15-17H,10-12H2,1-9H3;3-7,9,12,15-18,23H,8,10-11H2,1-2H3,(H,29,30)(H,31,32)(H,21,24,25)(H2,26,27,28);3-7,9,12,15-18,23-24H,8,10-11H2,1-2H3,(H,21,25,26)/t15-,16?,17-;2*15?,16-,17-,18?/m111/s1. The minimum absolute atomic E-state index is 0.0199. The Morgan fingerprint density at radius 3 is 1.50 bits per heavy atom. The highest BCUT2D eigenvalue weighted by atomic mass is 79.9. The first-order chi connectivity index (χ1) is 46.4. The lowest BCUT2D eigenvalue weighted by molar-refractivity contribution is -0.0463. The van der Waals surface area contributed by atoms with Gasteiger partial charge in [0.05, 0.1) is 74.2 Å². The molecule has 2 aromatic carbocycles. The van der Waals surface area contributed by atoms with Gasteiger partial charge in [-0.2, -0.15) is 13.2 Å². The topological polar surface area (TPSA) is 456 Å². The summed E-state index contributed by atoms with van der Waals surface area (Å²) in [4.78, 5) is 128. The van der Waals surface area contributed by atoms with Crippen LogP contribution in [0.15, 0.2) is 108 Å². The van der Waals surface area contributed by atoms with E-state index in [1.807, 2.05) is 95.3 Å². The Kier molecular flexibility index (Phi) is 29.3. The Morgan fingerprint density at radius 2 is 1.09 bits per heavy atom. The number of halogens is 1. The highest BCUT2D eigenvalue weighted by molar-refractivity contribution is 9.08. The molecule has 0 spiro atoms. The molecule has 3 aliphatic rings. The van der Waals surface area contributed by atoms with Crippen LogP contribution in [0.2, 0.25) is 18.1 Å². The molecule has 38 heteroatoms. The molecule has 0 bridgehead atoms. The van der Waals surface area contributed by atoms with E-state index in [0.29, 0.717) is 11.0 Å². The molecular formula is C62H92BrN6O27P3Si. The molecule has 7 unspecified atom stereocenters. The summed E-state index contributed by atoms with van der Waals surface area (Å²) < 4.78 is 91.1. The number of benzene rings is 2. The van der Waals surface area contributed by atoms with Crippen molar-refractivity contribution in [2.24, 2.45) is 11.8 Å². The van der Waals surface area contributed by atoms with Crippen LogP contribution in [0.5, 0.6) is 0 Å². The van der Waals surface area contributed by atoms with Gasteiger partial charge in [0.1, 0.15) is 36.5 Å². The number of ether oxygens (including phenoxy) is 6. The summed E-state index contributed by atoms with van der Waals surface area (Å²) in [5, 5.41) is 29.7. The highest BCUT2D eigenvalue weighted by Gasteiger charge is 2.46. The number of aromatic nitrogens is 6. The summed E-state index contributed by atoms with van der Waals surface area (Å²) in [6.07, 6.45) is -3.69. The monoisotopic (exact) mass is 1550 g/mol. The Labute approximate surface area is 585 Å². The molecular weight excluding hydrogens is 1460 g/mol. The lowest BCUT2D eigenvalue weighted by Gasteiger charge is -2.39. The van der Waals surface area contributed by atoms with Crippen LogP contribution in [0, 0.1) is 11.8 Å². The van der Waals surface area contributed by atoms with Crippen LogP contribution in [0.3, 0.4) is 0 Å². The average Bonchev–Trinajstić information content (AvgIpc) is 1.46. The van der Waals surface area contributed by atoms with Crippen molar-refractivity contribution in [1.29, 1.82) is 0 Å². The average molecular weight is 1550 g/mol. The zero-order valence-electron chi connectivity index (χ0n) is 57.7. The SMILES string of the molecule is CC(C)C(OCc1cn([C@H]2CC(O)[C@@H](CO)O2)c(=O)[nH]c1=O)c1ccccc1.CC(C)C(OCc1cn([C@H]2CC(O)[C@@H](COP(=O)(O)OP(=O)(O)OP(=O)(O)O)O2)c(=O)[nH]c1=O)c1ccccc1.CC[C@H]1O[C@@H](n2cc(CBr)c(=O)n(C(=O)OC(C)(C)C)c2=O)CC1O[Si](C)(C)C(C)(C)C. The number of nitrogens with one attached hydrogen (secondary N) is 2. The molecule has 100 heavy (non-hydrogen) atoms. The fourth-order valence-corrected chi connectivity index (χ4v) is 15.3. The number of carbonyl (C=O) groups excluding carboxylic acids is 1. The van der Waals surface area contributed by atoms with Crippen LogP contribution >= 0.6 is 39.4 Å². The van der Waals surface area contributed by atoms with E-state index in [-0.39, 0.29) is 96.0 Å². The molecule has 0 saturated carbocycles. The number of carbonyl (C=O) groups is 1. The highest BCUT2D eigenvalue weighted by Crippen LogP contribution is 2.66. The maximum absolute atomic E-state index is 13.2. The number of aliphatic hydroxyl groups is 3. The molecule has 8 rings (SSSR count). The predicted octanol–water partition coefficient (Wildman–Crippen LogP) is 7.31. The van der Waals surface area contributed by atoms with E-state index >= 15 is 0 Å². The number of H-pyrrole nitrogens is 2. The number of alkyl halides is 1. The zero-order chi connectivity index (χ0) is 74.8. The van der Waals surface area contributed by atoms with E-state index in [2.05, 4.69) is 72.9 Å². The van der Waals surface area contributed by atoms with Gasteiger partial charge < -0.3 is 67.7 Å². The van der Waals surface area contributed by atoms with Crippen LogP contribution in [0.25, 0.3) is 0 Å². The van der Waals surface area contributed by atoms with Gasteiger partial charge in [-0.25, -0.2) is 32.9 Å². The molecule has 5 aromatic rings. The number of phosphoric acid groups is 3. The van der Waals surface area contributed by atoms with Crippen LogP contribution in [-0.4, -0.2) is 133 Å². The van der Waals surface area contributed by atoms with E-state index in [0.717, 1.165) is 22.1 Å². The fraction of sp³-hybridized carbons (Fsp3) is 0.597. The second kappa shape index (κ2) is 35.0. The van der Waals surface area contributed by atoms with Crippen molar-refractivity contribution in [3.63, 3.8) is 0 Å². The predicted molar refractivity (Wildman–Crippen MR) is 366 cm³/mol. The summed E-state index contributed by atoms with van der Waals surface area (Å²) in [6.45, 7) is 24.5. The van der Waals surface area contributed by atoms with Gasteiger partial charge in [-0.3, -0.25) is 42.6 Å². The van der Waals surface area contributed by atoms with E-state index in [9.17, 15) is 72.4 Å². The Bertz CT molecular complexity index is 4090. The fourth-order valence-electron chi connectivity index (χ4n) is 10.5. The summed E-state index contributed by atoms with van der Waals surface area (Å²) in [5.74, 6) is 0.238. The van der Waals surface area contributed by atoms with Crippen molar-refractivity contribution in [3.8, 4) is 0 Å². The lowest BCUT2D eigenvalue weighted by atomic mass is 9.99. The molecule has 33 nitrogen and oxygen atoms in total. The Hall–Kier alpha value is -5.30. The molecule has 0 radical (unpaired) electrons. The van der Waals surface area contributed by atoms with Crippen molar-refractivity contribution in [3.05, 3.63) is 170 Å². The second-order valence-electron chi connectivity index (χ2n) is 27.1. The molecule has 6 heterocycles. The minimum atomic E-state index is -5.72. The lowest BCUT2D eigenvalue weighted by Crippen LogP contribution is -2.47. The Balaban J connectivity index is 0.000000240. The van der Waals surface area contributed by atoms with Gasteiger partial charge in [-0.15, -0.1) is 0 Å². The van der Waals surface area contributed by atoms with Gasteiger partial charge in [0.25, 0.3) is 16.7 Å². The summed E-state index contributed by atoms with van der Waals surface area (Å²) in [5.41, 5.74) is -2.51. The third kappa shape index (κ3) is 23.1. The number of hydrogen-bond acceptors (Lipinski definition) is 23. The first-order valence-electron chi connectivity index (χ1n) is 32.0. The number of phosphoric ester groups is 1. The van der Waals surface area contributed by atoms with Gasteiger partial charge in [-0.05, 0) is 68.3 Å². The van der Waals surface area contributed by atoms with Crippen LogP contribution < -0.4 is 33.7 Å². The van der Waals surface area contributed by atoms with Gasteiger partial charge >= 0.3 is 46.6 Å². The molecule has 0 amide bonds. The number of rotatable bonds is 25. The van der Waals surface area contributed by atoms with Gasteiger partial charge in [0, 0.05) is 48.7 Å². The quantitative estimate of drug-likeness (QED) is 0.0157. The van der Waals surface area contributed by atoms with Gasteiger partial charge in [0.15, 0.2) is 8.32 Å². The summed E-state index contributed by atoms with van der Waals surface area (Å²) in [7, 11) is -18.8. The largest absolute Gasteiger partial charge is 0.490 e. The van der Waals surface area contributed by atoms with E-state index in [1.165, 1.54) is 27.7 Å². The molecule has 3 fully saturated rings. The first kappa shape index (κ1) is 83.6. The smallest absolute Gasteiger partial charge is 0.443 e. The second-order valence-corrected chi connectivity index (χ2v) is 36.9. The van der Waals surface area contributed by atoms with Gasteiger partial charge in [0.2, 0.25) is 0 Å². The van der Waals surface area contributed by atoms with Crippen molar-refractivity contribution in [2.45, 2.75) is 212 Å². The molecule has 3 aliphatic heterocycles. The maximum atomic E-state index is 13.2.